The fourth-order valence-electron chi connectivity index (χ4n) is 7.13. The molecule has 7 nitrogen and oxygen atoms in total. The predicted octanol–water partition coefficient (Wildman–Crippen LogP) is 11.7. The summed E-state index contributed by atoms with van der Waals surface area (Å²) in [5.74, 6) is 1.25. The number of aryl methyl sites for hydroxylation is 2. The number of nitrogens with zero attached hydrogens (tertiary/aromatic N) is 4. The largest absolute Gasteiger partial charge is 0.375 e. The second-order valence-corrected chi connectivity index (χ2v) is 16.6. The second-order valence-electron chi connectivity index (χ2n) is 16.2. The van der Waals surface area contributed by atoms with Gasteiger partial charge in [-0.25, -0.2) is 9.98 Å². The van der Waals surface area contributed by atoms with E-state index in [0.717, 1.165) is 66.6 Å². The van der Waals surface area contributed by atoms with Crippen molar-refractivity contribution in [3.05, 3.63) is 128 Å². The minimum absolute atomic E-state index is 0.106. The molecule has 1 atom stereocenters. The number of unbranched alkanes of at least 4 members (excludes halogenated alkanes) is 1. The lowest BCUT2D eigenvalue weighted by Gasteiger charge is -2.23. The Kier molecular flexibility index (Phi) is 15.1. The molecular weight excluding hydrogens is 714 g/mol. The summed E-state index contributed by atoms with van der Waals surface area (Å²) in [5.41, 5.74) is 6.65. The Bertz CT molecular complexity index is 2200. The first-order chi connectivity index (χ1) is 26.8. The molecule has 1 unspecified atom stereocenters. The fourth-order valence-corrected chi connectivity index (χ4v) is 7.33. The van der Waals surface area contributed by atoms with Crippen LogP contribution in [0.4, 0.5) is 17.1 Å². The van der Waals surface area contributed by atoms with Crippen LogP contribution in [0.1, 0.15) is 101 Å². The van der Waals surface area contributed by atoms with Crippen molar-refractivity contribution in [3.8, 4) is 0 Å². The molecule has 0 radical (unpaired) electrons. The first-order valence-corrected chi connectivity index (χ1v) is 20.8. The molecule has 5 aromatic rings. The summed E-state index contributed by atoms with van der Waals surface area (Å²) < 4.78 is 1.75. The van der Waals surface area contributed by atoms with Crippen LogP contribution in [0.3, 0.4) is 0 Å². The SMILES string of the molecule is CCN(C)c1ccc(N=C(C(=O)Nc2ccccc2C)c2nc3ccc(Cc4ccccc4Cl)cc3c(=O)n2CC(CCCCC(C)C)CCC(C)C)c(C)c1. The van der Waals surface area contributed by atoms with E-state index in [-0.39, 0.29) is 23.0 Å². The summed E-state index contributed by atoms with van der Waals surface area (Å²) in [6.45, 7) is 16.4. The van der Waals surface area contributed by atoms with E-state index < -0.39 is 5.91 Å². The van der Waals surface area contributed by atoms with Gasteiger partial charge in [0.05, 0.1) is 16.6 Å². The summed E-state index contributed by atoms with van der Waals surface area (Å²) >= 11 is 6.56. The zero-order valence-corrected chi connectivity index (χ0v) is 35.4. The number of aliphatic imine (C=N–C) groups is 1. The number of carbonyl (C=O) groups excluding carboxylic acids is 1. The number of hydrogen-bond acceptors (Lipinski definition) is 5. The number of halogens is 1. The molecule has 0 spiro atoms. The highest BCUT2D eigenvalue weighted by Crippen LogP contribution is 2.28. The van der Waals surface area contributed by atoms with E-state index in [9.17, 15) is 4.79 Å². The molecule has 0 fully saturated rings. The Morgan fingerprint density at radius 1 is 0.857 bits per heavy atom. The normalized spacial score (nSPS) is 12.4. The van der Waals surface area contributed by atoms with Crippen molar-refractivity contribution in [1.29, 1.82) is 0 Å². The highest BCUT2D eigenvalue weighted by atomic mass is 35.5. The molecule has 4 aromatic carbocycles. The molecule has 0 saturated carbocycles. The minimum atomic E-state index is -0.417. The Labute approximate surface area is 339 Å². The van der Waals surface area contributed by atoms with Crippen molar-refractivity contribution in [1.82, 2.24) is 9.55 Å². The zero-order valence-electron chi connectivity index (χ0n) is 34.7. The summed E-state index contributed by atoms with van der Waals surface area (Å²) in [5, 5.41) is 4.33. The number of aromatic nitrogens is 2. The lowest BCUT2D eigenvalue weighted by atomic mass is 9.92. The van der Waals surface area contributed by atoms with Gasteiger partial charge in [-0.1, -0.05) is 107 Å². The van der Waals surface area contributed by atoms with E-state index in [0.29, 0.717) is 52.1 Å². The highest BCUT2D eigenvalue weighted by Gasteiger charge is 2.26. The first-order valence-electron chi connectivity index (χ1n) is 20.4. The topological polar surface area (TPSA) is 79.6 Å². The molecule has 8 heteroatoms. The lowest BCUT2D eigenvalue weighted by Crippen LogP contribution is -2.35. The molecule has 296 valence electrons. The molecule has 1 N–H and O–H groups in total. The number of amides is 1. The van der Waals surface area contributed by atoms with E-state index in [4.69, 9.17) is 21.6 Å². The summed E-state index contributed by atoms with van der Waals surface area (Å²) in [4.78, 5) is 42.1. The molecule has 0 aliphatic rings. The maximum Gasteiger partial charge on any atom is 0.278 e. The minimum Gasteiger partial charge on any atom is -0.375 e. The third-order valence-electron chi connectivity index (χ3n) is 10.8. The second kappa shape index (κ2) is 19.9. The average molecular weight is 774 g/mol. The Hall–Kier alpha value is -4.75. The van der Waals surface area contributed by atoms with Gasteiger partial charge in [0.2, 0.25) is 0 Å². The van der Waals surface area contributed by atoms with E-state index in [1.54, 1.807) is 4.57 Å². The number of anilines is 2. The van der Waals surface area contributed by atoms with Gasteiger partial charge in [0, 0.05) is 36.5 Å². The van der Waals surface area contributed by atoms with Gasteiger partial charge in [0.25, 0.3) is 11.5 Å². The van der Waals surface area contributed by atoms with Crippen molar-refractivity contribution in [2.24, 2.45) is 22.7 Å². The van der Waals surface area contributed by atoms with Crippen molar-refractivity contribution in [3.63, 3.8) is 0 Å². The molecular formula is C48H60ClN5O2. The first kappa shape index (κ1) is 42.4. The van der Waals surface area contributed by atoms with Crippen LogP contribution in [0.2, 0.25) is 5.02 Å². The number of carbonyl (C=O) groups is 1. The van der Waals surface area contributed by atoms with Crippen LogP contribution in [0.15, 0.2) is 94.7 Å². The van der Waals surface area contributed by atoms with Crippen LogP contribution in [-0.2, 0) is 17.8 Å². The summed E-state index contributed by atoms with van der Waals surface area (Å²) in [6, 6.07) is 27.3. The van der Waals surface area contributed by atoms with Crippen molar-refractivity contribution in [2.75, 3.05) is 23.8 Å². The van der Waals surface area contributed by atoms with Crippen LogP contribution in [-0.4, -0.2) is 34.8 Å². The Morgan fingerprint density at radius 2 is 1.57 bits per heavy atom. The quantitative estimate of drug-likeness (QED) is 0.0710. The fraction of sp³-hybridized carbons (Fsp3) is 0.417. The van der Waals surface area contributed by atoms with Gasteiger partial charge < -0.3 is 10.2 Å². The number of nitrogens with one attached hydrogen (secondary N) is 1. The molecule has 0 aliphatic carbocycles. The van der Waals surface area contributed by atoms with E-state index in [1.165, 1.54) is 6.42 Å². The molecule has 1 heterocycles. The van der Waals surface area contributed by atoms with Gasteiger partial charge in [0.15, 0.2) is 11.5 Å². The van der Waals surface area contributed by atoms with Gasteiger partial charge in [0.1, 0.15) is 0 Å². The number of rotatable bonds is 18. The van der Waals surface area contributed by atoms with E-state index >= 15 is 4.79 Å². The summed E-state index contributed by atoms with van der Waals surface area (Å²) in [6.07, 6.45) is 7.00. The highest BCUT2D eigenvalue weighted by molar-refractivity contribution is 6.48. The van der Waals surface area contributed by atoms with E-state index in [2.05, 4.69) is 57.9 Å². The molecule has 0 bridgehead atoms. The molecule has 5 rings (SSSR count). The van der Waals surface area contributed by atoms with Crippen molar-refractivity contribution < 1.29 is 4.79 Å². The zero-order chi connectivity index (χ0) is 40.4. The molecule has 0 saturated heterocycles. The van der Waals surface area contributed by atoms with Gasteiger partial charge in [-0.05, 0) is 123 Å². The van der Waals surface area contributed by atoms with Crippen molar-refractivity contribution >= 4 is 51.2 Å². The number of fused-ring (bicyclic) bond motifs is 1. The van der Waals surface area contributed by atoms with Crippen molar-refractivity contribution in [2.45, 2.75) is 100.0 Å². The molecule has 0 aliphatic heterocycles. The molecule has 1 amide bonds. The van der Waals surface area contributed by atoms with Crippen LogP contribution in [0.25, 0.3) is 10.9 Å². The van der Waals surface area contributed by atoms with Gasteiger partial charge >= 0.3 is 0 Å². The number of benzene rings is 4. The average Bonchev–Trinajstić information content (AvgIpc) is 3.17. The van der Waals surface area contributed by atoms with Gasteiger partial charge in [-0.2, -0.15) is 0 Å². The van der Waals surface area contributed by atoms with Crippen LogP contribution in [0.5, 0.6) is 0 Å². The molecule has 56 heavy (non-hydrogen) atoms. The van der Waals surface area contributed by atoms with Crippen LogP contribution in [0, 0.1) is 31.6 Å². The maximum absolute atomic E-state index is 15.0. The third-order valence-corrected chi connectivity index (χ3v) is 11.1. The van der Waals surface area contributed by atoms with Gasteiger partial charge in [-0.15, -0.1) is 0 Å². The van der Waals surface area contributed by atoms with Gasteiger partial charge in [-0.3, -0.25) is 14.2 Å². The Morgan fingerprint density at radius 3 is 2.27 bits per heavy atom. The molecule has 1 aromatic heterocycles. The summed E-state index contributed by atoms with van der Waals surface area (Å²) in [7, 11) is 2.05. The number of para-hydroxylation sites is 1. The monoisotopic (exact) mass is 773 g/mol. The van der Waals surface area contributed by atoms with Crippen LogP contribution >= 0.6 is 11.6 Å². The maximum atomic E-state index is 15.0. The standard InChI is InChI=1S/C48H60ClN5O2/c1-9-53(8)39-25-27-43(35(7)28-39)50-45(47(55)52-42-21-15-11-17-34(42)6)46-51-44-26-24-37(29-38-19-13-14-20-41(38)49)30-40(44)48(56)54(46)31-36(23-22-33(4)5)18-12-10-16-32(2)3/h11,13-15,17,19-21,24-28,30,32-33,36H,9-10,12,16,18,22-23,29,31H2,1-8H3,(H,52,55). The smallest absolute Gasteiger partial charge is 0.278 e. The predicted molar refractivity (Wildman–Crippen MR) is 237 cm³/mol. The Balaban J connectivity index is 1.71. The van der Waals surface area contributed by atoms with E-state index in [1.807, 2.05) is 92.7 Å². The van der Waals surface area contributed by atoms with Crippen LogP contribution < -0.4 is 15.8 Å². The lowest BCUT2D eigenvalue weighted by molar-refractivity contribution is -0.110. The number of hydrogen-bond donors (Lipinski definition) is 1. The third kappa shape index (κ3) is 11.2.